The molecule has 2 aromatic rings. The second-order valence-electron chi connectivity index (χ2n) is 7.34. The van der Waals surface area contributed by atoms with Crippen LogP contribution < -0.4 is 4.72 Å². The minimum absolute atomic E-state index is 0.0254. The third kappa shape index (κ3) is 5.07. The Hall–Kier alpha value is -1.72. The molecule has 3 heterocycles. The van der Waals surface area contributed by atoms with E-state index >= 15 is 0 Å². The third-order valence-corrected chi connectivity index (χ3v) is 7.38. The van der Waals surface area contributed by atoms with Crippen LogP contribution in [0.1, 0.15) is 43.1 Å². The first-order valence-electron chi connectivity index (χ1n) is 9.78. The molecule has 1 amide bonds. The van der Waals surface area contributed by atoms with Gasteiger partial charge in [0.2, 0.25) is 21.1 Å². The van der Waals surface area contributed by atoms with E-state index in [0.717, 1.165) is 17.0 Å². The summed E-state index contributed by atoms with van der Waals surface area (Å²) in [5.41, 5.74) is 2.52. The molecule has 0 bridgehead atoms. The maximum Gasteiger partial charge on any atom is 0.253 e. The second-order valence-corrected chi connectivity index (χ2v) is 9.99. The zero-order chi connectivity index (χ0) is 21.2. The lowest BCUT2D eigenvalue weighted by molar-refractivity contribution is -0.131. The first kappa shape index (κ1) is 22.0. The number of hydrogen-bond donors (Lipinski definition) is 1. The molecule has 1 fully saturated rings. The fourth-order valence-corrected chi connectivity index (χ4v) is 5.36. The van der Waals surface area contributed by atoms with E-state index in [1.54, 1.807) is 4.52 Å². The van der Waals surface area contributed by atoms with E-state index in [0.29, 0.717) is 43.3 Å². The average molecular weight is 441 g/mol. The summed E-state index contributed by atoms with van der Waals surface area (Å²) in [7, 11) is -3.23. The SMILES string of the molecule is CCCS(=O)(=O)NC1CCN(C(=O)Cc2c(C)nc3nc(SC)nn3c2C)CC1. The number of nitrogens with zero attached hydrogens (tertiary/aromatic N) is 5. The van der Waals surface area contributed by atoms with Gasteiger partial charge in [0.15, 0.2) is 0 Å². The van der Waals surface area contributed by atoms with Crippen LogP contribution in [0, 0.1) is 13.8 Å². The monoisotopic (exact) mass is 440 g/mol. The van der Waals surface area contributed by atoms with Gasteiger partial charge in [0, 0.05) is 36.1 Å². The van der Waals surface area contributed by atoms with Crippen LogP contribution in [0.2, 0.25) is 0 Å². The van der Waals surface area contributed by atoms with Crippen LogP contribution in [0.25, 0.3) is 5.78 Å². The highest BCUT2D eigenvalue weighted by Gasteiger charge is 2.26. The van der Waals surface area contributed by atoms with E-state index in [2.05, 4.69) is 19.8 Å². The van der Waals surface area contributed by atoms with Gasteiger partial charge in [-0.1, -0.05) is 18.7 Å². The minimum atomic E-state index is -3.23. The fraction of sp³-hybridized carbons (Fsp3) is 0.667. The smallest absolute Gasteiger partial charge is 0.253 e. The quantitative estimate of drug-likeness (QED) is 0.647. The van der Waals surface area contributed by atoms with Gasteiger partial charge in [-0.3, -0.25) is 4.79 Å². The molecule has 0 spiro atoms. The number of aromatic nitrogens is 4. The van der Waals surface area contributed by atoms with Crippen molar-refractivity contribution in [3.63, 3.8) is 0 Å². The highest BCUT2D eigenvalue weighted by Crippen LogP contribution is 2.19. The molecule has 0 aliphatic carbocycles. The van der Waals surface area contributed by atoms with Crippen molar-refractivity contribution in [3.05, 3.63) is 17.0 Å². The van der Waals surface area contributed by atoms with E-state index in [1.807, 2.05) is 31.9 Å². The molecule has 0 saturated carbocycles. The summed E-state index contributed by atoms with van der Waals surface area (Å²) in [6.45, 7) is 6.76. The summed E-state index contributed by atoms with van der Waals surface area (Å²) >= 11 is 1.45. The molecule has 1 N–H and O–H groups in total. The molecule has 9 nitrogen and oxygen atoms in total. The summed E-state index contributed by atoms with van der Waals surface area (Å²) < 4.78 is 28.3. The van der Waals surface area contributed by atoms with Crippen LogP contribution in [0.4, 0.5) is 0 Å². The number of rotatable bonds is 7. The van der Waals surface area contributed by atoms with E-state index < -0.39 is 10.0 Å². The molecule has 2 aromatic heterocycles. The molecule has 3 rings (SSSR count). The van der Waals surface area contributed by atoms with Crippen molar-refractivity contribution in [3.8, 4) is 0 Å². The molecule has 0 unspecified atom stereocenters. The number of carbonyl (C=O) groups is 1. The number of hydrogen-bond acceptors (Lipinski definition) is 7. The summed E-state index contributed by atoms with van der Waals surface area (Å²) in [6.07, 6.45) is 4.01. The van der Waals surface area contributed by atoms with Crippen molar-refractivity contribution in [1.82, 2.24) is 29.2 Å². The number of fused-ring (bicyclic) bond motifs is 1. The van der Waals surface area contributed by atoms with Gasteiger partial charge in [-0.25, -0.2) is 22.6 Å². The Morgan fingerprint density at radius 3 is 2.55 bits per heavy atom. The molecular weight excluding hydrogens is 412 g/mol. The predicted molar refractivity (Wildman–Crippen MR) is 113 cm³/mol. The van der Waals surface area contributed by atoms with Gasteiger partial charge < -0.3 is 4.90 Å². The van der Waals surface area contributed by atoms with Crippen molar-refractivity contribution in [2.45, 2.75) is 57.7 Å². The Morgan fingerprint density at radius 2 is 1.93 bits per heavy atom. The number of aryl methyl sites for hydroxylation is 2. The molecule has 1 aliphatic rings. The molecule has 1 saturated heterocycles. The van der Waals surface area contributed by atoms with Gasteiger partial charge >= 0.3 is 0 Å². The zero-order valence-electron chi connectivity index (χ0n) is 17.3. The zero-order valence-corrected chi connectivity index (χ0v) is 18.9. The van der Waals surface area contributed by atoms with E-state index in [9.17, 15) is 13.2 Å². The lowest BCUT2D eigenvalue weighted by Crippen LogP contribution is -2.47. The number of sulfonamides is 1. The van der Waals surface area contributed by atoms with Crippen molar-refractivity contribution in [1.29, 1.82) is 0 Å². The normalized spacial score (nSPS) is 15.9. The molecule has 29 heavy (non-hydrogen) atoms. The Kier molecular flexibility index (Phi) is 6.79. The molecule has 0 aromatic carbocycles. The second kappa shape index (κ2) is 8.97. The van der Waals surface area contributed by atoms with Crippen LogP contribution in [0.5, 0.6) is 0 Å². The first-order chi connectivity index (χ1) is 13.7. The topological polar surface area (TPSA) is 110 Å². The van der Waals surface area contributed by atoms with Crippen LogP contribution >= 0.6 is 11.8 Å². The van der Waals surface area contributed by atoms with E-state index in [1.165, 1.54) is 11.8 Å². The van der Waals surface area contributed by atoms with Gasteiger partial charge in [-0.15, -0.1) is 5.10 Å². The van der Waals surface area contributed by atoms with Crippen LogP contribution in [-0.4, -0.2) is 69.9 Å². The Morgan fingerprint density at radius 1 is 1.24 bits per heavy atom. The standard InChI is InChI=1S/C18H28N6O3S2/c1-5-10-29(26,27)22-14-6-8-23(9-7-14)16(25)11-15-12(2)19-17-20-18(28-4)21-24(17)13(15)3/h14,22H,5-11H2,1-4H3. The summed E-state index contributed by atoms with van der Waals surface area (Å²) in [5, 5.41) is 5.08. The maximum absolute atomic E-state index is 12.9. The maximum atomic E-state index is 12.9. The van der Waals surface area contributed by atoms with Crippen molar-refractivity contribution >= 4 is 33.5 Å². The Labute approximate surface area is 175 Å². The minimum Gasteiger partial charge on any atom is -0.342 e. The predicted octanol–water partition coefficient (Wildman–Crippen LogP) is 1.33. The number of likely N-dealkylation sites (tertiary alicyclic amines) is 1. The summed E-state index contributed by atoms with van der Waals surface area (Å²) in [6, 6.07) is -0.0998. The van der Waals surface area contributed by atoms with E-state index in [-0.39, 0.29) is 24.1 Å². The van der Waals surface area contributed by atoms with Crippen LogP contribution in [0.3, 0.4) is 0 Å². The molecule has 1 aliphatic heterocycles. The van der Waals surface area contributed by atoms with Gasteiger partial charge in [-0.05, 0) is 39.4 Å². The number of amides is 1. The molecule has 160 valence electrons. The highest BCUT2D eigenvalue weighted by atomic mass is 32.2. The van der Waals surface area contributed by atoms with Gasteiger partial charge in [-0.2, -0.15) is 4.98 Å². The van der Waals surface area contributed by atoms with Crippen molar-refractivity contribution < 1.29 is 13.2 Å². The highest BCUT2D eigenvalue weighted by molar-refractivity contribution is 7.98. The largest absolute Gasteiger partial charge is 0.342 e. The lowest BCUT2D eigenvalue weighted by Gasteiger charge is -2.32. The van der Waals surface area contributed by atoms with Gasteiger partial charge in [0.05, 0.1) is 12.2 Å². The third-order valence-electron chi connectivity index (χ3n) is 5.21. The summed E-state index contributed by atoms with van der Waals surface area (Å²) in [4.78, 5) is 23.5. The van der Waals surface area contributed by atoms with Gasteiger partial charge in [0.25, 0.3) is 5.78 Å². The Balaban J connectivity index is 1.66. The lowest BCUT2D eigenvalue weighted by atomic mass is 10.0. The van der Waals surface area contributed by atoms with Crippen LogP contribution in [-0.2, 0) is 21.2 Å². The molecular formula is C18H28N6O3S2. The fourth-order valence-electron chi connectivity index (χ4n) is 3.62. The van der Waals surface area contributed by atoms with E-state index in [4.69, 9.17) is 0 Å². The van der Waals surface area contributed by atoms with Crippen molar-refractivity contribution in [2.24, 2.45) is 0 Å². The van der Waals surface area contributed by atoms with Crippen LogP contribution in [0.15, 0.2) is 5.16 Å². The Bertz CT molecular complexity index is 997. The average Bonchev–Trinajstić information content (AvgIpc) is 3.08. The number of piperidine rings is 1. The van der Waals surface area contributed by atoms with Crippen molar-refractivity contribution in [2.75, 3.05) is 25.1 Å². The first-order valence-corrected chi connectivity index (χ1v) is 12.7. The molecule has 0 atom stereocenters. The molecule has 0 radical (unpaired) electrons. The molecule has 11 heteroatoms. The number of thioether (sulfide) groups is 1. The number of carbonyl (C=O) groups excluding carboxylic acids is 1. The summed E-state index contributed by atoms with van der Waals surface area (Å²) in [5.74, 6) is 0.707. The number of nitrogens with one attached hydrogen (secondary N) is 1. The van der Waals surface area contributed by atoms with Gasteiger partial charge in [0.1, 0.15) is 0 Å².